The van der Waals surface area contributed by atoms with Crippen LogP contribution < -0.4 is 0 Å². The van der Waals surface area contributed by atoms with Gasteiger partial charge < -0.3 is 0 Å². The van der Waals surface area contributed by atoms with E-state index in [1.807, 2.05) is 26.0 Å². The van der Waals surface area contributed by atoms with Gasteiger partial charge in [0, 0.05) is 5.56 Å². The van der Waals surface area contributed by atoms with Gasteiger partial charge in [-0.15, -0.1) is 0 Å². The molecule has 0 saturated carbocycles. The summed E-state index contributed by atoms with van der Waals surface area (Å²) in [5, 5.41) is 7.86. The number of nitrogens with zero attached hydrogens (tertiary/aromatic N) is 2. The summed E-state index contributed by atoms with van der Waals surface area (Å²) >= 11 is 0. The third kappa shape index (κ3) is 2.52. The van der Waals surface area contributed by atoms with Gasteiger partial charge in [0.25, 0.3) is 0 Å². The molecule has 1 aliphatic rings. The van der Waals surface area contributed by atoms with Crippen molar-refractivity contribution in [2.45, 2.75) is 20.8 Å². The second kappa shape index (κ2) is 5.32. The standard InChI is InChI=1S/C10H10N2.C2H6/c1-8-2-4-9-6-7-11-12-10(9)5-3-8;1-2/h2-8H,1H3;1-2H3. The van der Waals surface area contributed by atoms with Gasteiger partial charge in [-0.3, -0.25) is 0 Å². The maximum atomic E-state index is 4.03. The number of hydrogen-bond acceptors (Lipinski definition) is 2. The highest BCUT2D eigenvalue weighted by Crippen LogP contribution is 2.16. The minimum atomic E-state index is 0.485. The van der Waals surface area contributed by atoms with E-state index in [-0.39, 0.29) is 0 Å². The highest BCUT2D eigenvalue weighted by molar-refractivity contribution is 5.64. The van der Waals surface area contributed by atoms with Crippen LogP contribution in [0.15, 0.2) is 24.4 Å². The van der Waals surface area contributed by atoms with Crippen LogP contribution in [0.2, 0.25) is 0 Å². The molecule has 1 aromatic rings. The van der Waals surface area contributed by atoms with E-state index in [1.165, 1.54) is 0 Å². The van der Waals surface area contributed by atoms with Crippen molar-refractivity contribution in [3.63, 3.8) is 0 Å². The third-order valence-corrected chi connectivity index (χ3v) is 1.92. The molecule has 0 radical (unpaired) electrons. The molecule has 1 atom stereocenters. The molecule has 0 saturated heterocycles. The fraction of sp³-hybridized carbons (Fsp3) is 0.333. The van der Waals surface area contributed by atoms with Gasteiger partial charge in [-0.25, -0.2) is 0 Å². The molecule has 14 heavy (non-hydrogen) atoms. The Labute approximate surface area is 85.4 Å². The maximum Gasteiger partial charge on any atom is 0.0926 e. The fourth-order valence-electron chi connectivity index (χ4n) is 1.19. The molecule has 74 valence electrons. The number of aromatic nitrogens is 2. The van der Waals surface area contributed by atoms with E-state index in [9.17, 15) is 0 Å². The van der Waals surface area contributed by atoms with E-state index in [2.05, 4.69) is 35.3 Å². The highest BCUT2D eigenvalue weighted by atomic mass is 15.1. The summed E-state index contributed by atoms with van der Waals surface area (Å²) in [5.41, 5.74) is 2.10. The van der Waals surface area contributed by atoms with Crippen molar-refractivity contribution in [3.05, 3.63) is 35.7 Å². The van der Waals surface area contributed by atoms with Gasteiger partial charge in [-0.2, -0.15) is 10.2 Å². The molecule has 0 amide bonds. The van der Waals surface area contributed by atoms with Gasteiger partial charge in [0.1, 0.15) is 0 Å². The molecule has 1 heterocycles. The van der Waals surface area contributed by atoms with Crippen LogP contribution in [0.5, 0.6) is 0 Å². The molecule has 0 spiro atoms. The van der Waals surface area contributed by atoms with Gasteiger partial charge >= 0.3 is 0 Å². The van der Waals surface area contributed by atoms with Crippen LogP contribution in [0.4, 0.5) is 0 Å². The zero-order chi connectivity index (χ0) is 10.4. The first kappa shape index (κ1) is 10.6. The van der Waals surface area contributed by atoms with Crippen molar-refractivity contribution in [3.8, 4) is 0 Å². The summed E-state index contributed by atoms with van der Waals surface area (Å²) in [6.07, 6.45) is 10.1. The predicted octanol–water partition coefficient (Wildman–Crippen LogP) is 3.18. The van der Waals surface area contributed by atoms with E-state index < -0.39 is 0 Å². The molecule has 0 aromatic carbocycles. The number of fused-ring (bicyclic) bond motifs is 1. The third-order valence-electron chi connectivity index (χ3n) is 1.92. The van der Waals surface area contributed by atoms with Crippen LogP contribution >= 0.6 is 0 Å². The monoisotopic (exact) mass is 188 g/mol. The Hall–Kier alpha value is -1.44. The first-order valence-corrected chi connectivity index (χ1v) is 5.04. The summed E-state index contributed by atoms with van der Waals surface area (Å²) < 4.78 is 0. The Morgan fingerprint density at radius 1 is 1.14 bits per heavy atom. The van der Waals surface area contributed by atoms with Gasteiger partial charge in [0.2, 0.25) is 0 Å². The van der Waals surface area contributed by atoms with E-state index in [0.717, 1.165) is 11.3 Å². The zero-order valence-corrected chi connectivity index (χ0v) is 8.94. The summed E-state index contributed by atoms with van der Waals surface area (Å²) in [4.78, 5) is 0. The summed E-state index contributed by atoms with van der Waals surface area (Å²) in [6, 6.07) is 1.97. The lowest BCUT2D eigenvalue weighted by Gasteiger charge is -1.93. The Balaban J connectivity index is 0.000000461. The van der Waals surface area contributed by atoms with E-state index >= 15 is 0 Å². The number of allylic oxidation sites excluding steroid dienone is 2. The molecular weight excluding hydrogens is 172 g/mol. The van der Waals surface area contributed by atoms with E-state index in [0.29, 0.717) is 5.92 Å². The van der Waals surface area contributed by atoms with Gasteiger partial charge in [-0.1, -0.05) is 39.0 Å². The predicted molar refractivity (Wildman–Crippen MR) is 60.6 cm³/mol. The van der Waals surface area contributed by atoms with Gasteiger partial charge in [-0.05, 0) is 18.1 Å². The minimum Gasteiger partial charge on any atom is -0.159 e. The summed E-state index contributed by atoms with van der Waals surface area (Å²) in [7, 11) is 0. The first-order valence-electron chi connectivity index (χ1n) is 5.04. The largest absolute Gasteiger partial charge is 0.159 e. The van der Waals surface area contributed by atoms with Crippen molar-refractivity contribution in [1.29, 1.82) is 0 Å². The molecule has 0 aliphatic heterocycles. The van der Waals surface area contributed by atoms with Gasteiger partial charge in [0.15, 0.2) is 0 Å². The second-order valence-electron chi connectivity index (χ2n) is 2.95. The molecule has 2 nitrogen and oxygen atoms in total. The first-order chi connectivity index (χ1) is 6.86. The van der Waals surface area contributed by atoms with Crippen molar-refractivity contribution in [1.82, 2.24) is 10.2 Å². The molecule has 2 rings (SSSR count). The smallest absolute Gasteiger partial charge is 0.0926 e. The molecule has 1 unspecified atom stereocenters. The fourth-order valence-corrected chi connectivity index (χ4v) is 1.19. The lowest BCUT2D eigenvalue weighted by atomic mass is 10.1. The summed E-state index contributed by atoms with van der Waals surface area (Å²) in [6.45, 7) is 6.15. The topological polar surface area (TPSA) is 25.8 Å². The van der Waals surface area contributed by atoms with Crippen LogP contribution in [0.25, 0.3) is 12.2 Å². The molecule has 1 aliphatic carbocycles. The Kier molecular flexibility index (Phi) is 4.05. The Morgan fingerprint density at radius 2 is 1.86 bits per heavy atom. The van der Waals surface area contributed by atoms with Crippen molar-refractivity contribution in [2.24, 2.45) is 5.92 Å². The van der Waals surface area contributed by atoms with E-state index in [1.54, 1.807) is 6.20 Å². The lowest BCUT2D eigenvalue weighted by molar-refractivity contribution is 0.952. The number of rotatable bonds is 0. The van der Waals surface area contributed by atoms with Crippen molar-refractivity contribution in [2.75, 3.05) is 0 Å². The Morgan fingerprint density at radius 3 is 2.64 bits per heavy atom. The number of hydrogen-bond donors (Lipinski definition) is 0. The summed E-state index contributed by atoms with van der Waals surface area (Å²) in [5.74, 6) is 0.485. The SMILES string of the molecule is CC.CC1C=Cc2ccnnc2C=C1. The molecule has 0 bridgehead atoms. The quantitative estimate of drug-likeness (QED) is 0.625. The zero-order valence-electron chi connectivity index (χ0n) is 8.94. The highest BCUT2D eigenvalue weighted by Gasteiger charge is 2.01. The van der Waals surface area contributed by atoms with Crippen LogP contribution in [0.3, 0.4) is 0 Å². The van der Waals surface area contributed by atoms with Gasteiger partial charge in [0.05, 0.1) is 11.9 Å². The van der Waals surface area contributed by atoms with Crippen LogP contribution in [0.1, 0.15) is 32.0 Å². The molecule has 0 fully saturated rings. The van der Waals surface area contributed by atoms with Crippen LogP contribution in [-0.4, -0.2) is 10.2 Å². The van der Waals surface area contributed by atoms with Crippen molar-refractivity contribution >= 4 is 12.2 Å². The Bertz CT molecular complexity index is 307. The normalized spacial score (nSPS) is 17.8. The van der Waals surface area contributed by atoms with E-state index in [4.69, 9.17) is 0 Å². The van der Waals surface area contributed by atoms with Crippen LogP contribution in [0, 0.1) is 5.92 Å². The maximum absolute atomic E-state index is 4.03. The van der Waals surface area contributed by atoms with Crippen molar-refractivity contribution < 1.29 is 0 Å². The average molecular weight is 188 g/mol. The van der Waals surface area contributed by atoms with Crippen LogP contribution in [-0.2, 0) is 0 Å². The lowest BCUT2D eigenvalue weighted by Crippen LogP contribution is -1.87. The molecule has 2 heteroatoms. The minimum absolute atomic E-state index is 0.485. The molecular formula is C12H16N2. The second-order valence-corrected chi connectivity index (χ2v) is 2.95. The average Bonchev–Trinajstić information content (AvgIpc) is 2.45. The molecule has 1 aromatic heterocycles. The molecule has 0 N–H and O–H groups in total.